The molecular weight excluding hydrogens is 435 g/mol. The smallest absolute Gasteiger partial charge is 0.255 e. The molecule has 2 aliphatic rings. The first-order valence-corrected chi connectivity index (χ1v) is 10.5. The predicted molar refractivity (Wildman–Crippen MR) is 117 cm³/mol. The van der Waals surface area contributed by atoms with E-state index in [-0.39, 0.29) is 45.8 Å². The van der Waals surface area contributed by atoms with Crippen LogP contribution >= 0.6 is 11.6 Å². The highest BCUT2D eigenvalue weighted by molar-refractivity contribution is 6.29. The van der Waals surface area contributed by atoms with Gasteiger partial charge in [0.05, 0.1) is 11.9 Å². The third-order valence-corrected chi connectivity index (χ3v) is 6.54. The molecule has 5 rings (SSSR count). The number of piperidine rings is 1. The number of carbonyl (C=O) groups excluding carboxylic acids is 1. The van der Waals surface area contributed by atoms with Gasteiger partial charge in [-0.2, -0.15) is 0 Å². The lowest BCUT2D eigenvalue weighted by molar-refractivity contribution is 0.0772. The predicted octanol–water partition coefficient (Wildman–Crippen LogP) is 2.24. The highest BCUT2D eigenvalue weighted by Gasteiger charge is 2.59. The molecule has 3 atom stereocenters. The fourth-order valence-electron chi connectivity index (χ4n) is 4.65. The number of hydrogen-bond acceptors (Lipinski definition) is 6. The van der Waals surface area contributed by atoms with Crippen LogP contribution in [0.5, 0.6) is 0 Å². The van der Waals surface area contributed by atoms with E-state index in [0.29, 0.717) is 24.6 Å². The number of halogens is 2. The Morgan fingerprint density at radius 3 is 2.66 bits per heavy atom. The highest BCUT2D eigenvalue weighted by atomic mass is 35.5. The van der Waals surface area contributed by atoms with Crippen molar-refractivity contribution in [3.63, 3.8) is 0 Å². The molecular formula is C22H20ClFN6O2. The molecule has 164 valence electrons. The topological polar surface area (TPSA) is 84.2 Å². The van der Waals surface area contributed by atoms with Crippen molar-refractivity contribution in [1.82, 2.24) is 24.4 Å². The van der Waals surface area contributed by atoms with E-state index in [9.17, 15) is 14.0 Å². The van der Waals surface area contributed by atoms with Crippen molar-refractivity contribution in [2.45, 2.75) is 6.04 Å². The van der Waals surface area contributed by atoms with Crippen LogP contribution in [0, 0.1) is 17.7 Å². The Morgan fingerprint density at radius 1 is 1.22 bits per heavy atom. The summed E-state index contributed by atoms with van der Waals surface area (Å²) < 4.78 is 15.7. The van der Waals surface area contributed by atoms with Crippen molar-refractivity contribution in [2.24, 2.45) is 18.9 Å². The number of anilines is 1. The van der Waals surface area contributed by atoms with Gasteiger partial charge in [-0.05, 0) is 18.2 Å². The van der Waals surface area contributed by atoms with Gasteiger partial charge >= 0.3 is 0 Å². The second-order valence-corrected chi connectivity index (χ2v) is 8.59. The maximum atomic E-state index is 14.2. The first-order chi connectivity index (χ1) is 15.3. The van der Waals surface area contributed by atoms with Gasteiger partial charge in [0.25, 0.3) is 11.5 Å². The second-order valence-electron chi connectivity index (χ2n) is 8.20. The summed E-state index contributed by atoms with van der Waals surface area (Å²) >= 11 is 5.91. The Kier molecular flexibility index (Phi) is 4.93. The molecule has 3 aromatic heterocycles. The van der Waals surface area contributed by atoms with Crippen molar-refractivity contribution in [1.29, 1.82) is 0 Å². The molecule has 3 aromatic rings. The molecule has 10 heteroatoms. The molecule has 1 unspecified atom stereocenters. The van der Waals surface area contributed by atoms with Crippen molar-refractivity contribution in [3.05, 3.63) is 69.7 Å². The lowest BCUT2D eigenvalue weighted by Gasteiger charge is -2.26. The van der Waals surface area contributed by atoms with Crippen molar-refractivity contribution in [2.75, 3.05) is 25.0 Å². The number of hydrogen-bond donors (Lipinski definition) is 0. The van der Waals surface area contributed by atoms with Gasteiger partial charge in [0.1, 0.15) is 5.15 Å². The minimum absolute atomic E-state index is 0.0661. The third-order valence-electron chi connectivity index (χ3n) is 6.33. The Balaban J connectivity index is 1.35. The van der Waals surface area contributed by atoms with Crippen LogP contribution in [0.1, 0.15) is 10.4 Å². The summed E-state index contributed by atoms with van der Waals surface area (Å²) in [4.78, 5) is 41.4. The lowest BCUT2D eigenvalue weighted by Crippen LogP contribution is -2.38. The van der Waals surface area contributed by atoms with Gasteiger partial charge in [0.15, 0.2) is 5.82 Å². The molecule has 1 saturated carbocycles. The lowest BCUT2D eigenvalue weighted by atomic mass is 10.2. The zero-order chi connectivity index (χ0) is 22.6. The van der Waals surface area contributed by atoms with Crippen LogP contribution in [0.2, 0.25) is 5.15 Å². The molecule has 1 aliphatic carbocycles. The number of likely N-dealkylation sites (tertiary alicyclic amines) is 1. The van der Waals surface area contributed by atoms with E-state index in [2.05, 4.69) is 15.0 Å². The number of aromatic nitrogens is 4. The number of carbonyl (C=O) groups is 1. The summed E-state index contributed by atoms with van der Waals surface area (Å²) in [6.45, 7) is 1.23. The van der Waals surface area contributed by atoms with E-state index >= 15 is 0 Å². The SMILES string of the molecule is CN(c1nc(-c2ccncc2F)cc(=O)n1C)C1[C@H]2CN(C(=O)c3ccnc(Cl)c3)C[C@@H]12. The van der Waals surface area contributed by atoms with Crippen molar-refractivity contribution in [3.8, 4) is 11.3 Å². The van der Waals surface area contributed by atoms with E-state index in [0.717, 1.165) is 6.20 Å². The molecule has 1 saturated heterocycles. The minimum Gasteiger partial charge on any atom is -0.342 e. The average Bonchev–Trinajstić information content (AvgIpc) is 3.28. The Bertz CT molecular complexity index is 1270. The minimum atomic E-state index is -0.532. The second kappa shape index (κ2) is 7.67. The fraction of sp³-hybridized carbons (Fsp3) is 0.318. The van der Waals surface area contributed by atoms with Crippen LogP contribution in [0.15, 0.2) is 47.7 Å². The van der Waals surface area contributed by atoms with Gasteiger partial charge in [-0.1, -0.05) is 11.6 Å². The molecule has 1 aliphatic heterocycles. The molecule has 1 amide bonds. The molecule has 0 spiro atoms. The summed E-state index contributed by atoms with van der Waals surface area (Å²) in [5.74, 6) is 0.417. The molecule has 0 radical (unpaired) electrons. The number of nitrogens with zero attached hydrogens (tertiary/aromatic N) is 6. The summed E-state index contributed by atoms with van der Waals surface area (Å²) in [7, 11) is 3.53. The molecule has 32 heavy (non-hydrogen) atoms. The zero-order valence-corrected chi connectivity index (χ0v) is 18.2. The van der Waals surface area contributed by atoms with E-state index in [1.54, 1.807) is 19.2 Å². The van der Waals surface area contributed by atoms with E-state index in [4.69, 9.17) is 11.6 Å². The van der Waals surface area contributed by atoms with Gasteiger partial charge in [-0.25, -0.2) is 14.4 Å². The average molecular weight is 455 g/mol. The molecule has 0 bridgehead atoms. The van der Waals surface area contributed by atoms with Crippen LogP contribution in [-0.2, 0) is 7.05 Å². The van der Waals surface area contributed by atoms with Crippen LogP contribution < -0.4 is 10.5 Å². The molecule has 4 heterocycles. The number of fused-ring (bicyclic) bond motifs is 1. The normalized spacial score (nSPS) is 21.4. The number of pyridine rings is 2. The van der Waals surface area contributed by atoms with Crippen molar-refractivity contribution >= 4 is 23.5 Å². The first-order valence-electron chi connectivity index (χ1n) is 10.2. The Labute approximate surface area is 188 Å². The van der Waals surface area contributed by atoms with E-state index < -0.39 is 5.82 Å². The van der Waals surface area contributed by atoms with Crippen LogP contribution in [0.25, 0.3) is 11.3 Å². The molecule has 0 N–H and O–H groups in total. The Morgan fingerprint density at radius 2 is 1.97 bits per heavy atom. The van der Waals surface area contributed by atoms with Gasteiger partial charge in [-0.3, -0.25) is 19.1 Å². The number of amides is 1. The number of rotatable bonds is 4. The third kappa shape index (κ3) is 3.42. The van der Waals surface area contributed by atoms with Crippen LogP contribution in [0.4, 0.5) is 10.3 Å². The largest absolute Gasteiger partial charge is 0.342 e. The van der Waals surface area contributed by atoms with Crippen LogP contribution in [-0.4, -0.2) is 56.5 Å². The zero-order valence-electron chi connectivity index (χ0n) is 17.4. The molecule has 0 aromatic carbocycles. The first kappa shape index (κ1) is 20.6. The van der Waals surface area contributed by atoms with E-state index in [1.165, 1.54) is 29.1 Å². The standard InChI is InChI=1S/C22H20ClFN6O2/c1-28-19(31)8-17(13-4-5-25-9-16(13)24)27-22(28)29(2)20-14-10-30(11-15(14)20)21(32)12-3-6-26-18(23)7-12/h3-9,14-15,20H,10-11H2,1-2H3/t14-,15+,20?. The summed E-state index contributed by atoms with van der Waals surface area (Å²) in [6, 6.07) is 6.20. The fourth-order valence-corrected chi connectivity index (χ4v) is 4.82. The molecule has 2 fully saturated rings. The maximum Gasteiger partial charge on any atom is 0.255 e. The van der Waals surface area contributed by atoms with E-state index in [1.807, 2.05) is 16.8 Å². The Hall–Kier alpha value is -3.33. The molecule has 8 nitrogen and oxygen atoms in total. The van der Waals surface area contributed by atoms with Gasteiger partial charge < -0.3 is 9.80 Å². The van der Waals surface area contributed by atoms with Gasteiger partial charge in [-0.15, -0.1) is 0 Å². The van der Waals surface area contributed by atoms with Crippen LogP contribution in [0.3, 0.4) is 0 Å². The summed E-state index contributed by atoms with van der Waals surface area (Å²) in [5, 5.41) is 0.287. The highest BCUT2D eigenvalue weighted by Crippen LogP contribution is 2.49. The maximum absolute atomic E-state index is 14.2. The monoisotopic (exact) mass is 454 g/mol. The van der Waals surface area contributed by atoms with Crippen molar-refractivity contribution < 1.29 is 9.18 Å². The van der Waals surface area contributed by atoms with Gasteiger partial charge in [0, 0.05) is 74.6 Å². The van der Waals surface area contributed by atoms with Gasteiger partial charge in [0.2, 0.25) is 5.95 Å². The summed E-state index contributed by atoms with van der Waals surface area (Å²) in [5.41, 5.74) is 0.751. The summed E-state index contributed by atoms with van der Waals surface area (Å²) in [6.07, 6.45) is 4.09. The quantitative estimate of drug-likeness (QED) is 0.562.